The van der Waals surface area contributed by atoms with E-state index >= 15 is 0 Å². The smallest absolute Gasteiger partial charge is 0.173 e. The number of fused-ring (bicyclic) bond motifs is 1. The number of anilines is 1. The van der Waals surface area contributed by atoms with Crippen molar-refractivity contribution >= 4 is 34.7 Å². The fourth-order valence-corrected chi connectivity index (χ4v) is 2.80. The van der Waals surface area contributed by atoms with Crippen LogP contribution in [0.1, 0.15) is 5.56 Å². The van der Waals surface area contributed by atoms with Gasteiger partial charge in [-0.1, -0.05) is 72.3 Å². The van der Waals surface area contributed by atoms with Crippen LogP contribution in [-0.4, -0.2) is 16.2 Å². The third-order valence-electron chi connectivity index (χ3n) is 3.90. The van der Waals surface area contributed by atoms with Gasteiger partial charge >= 0.3 is 0 Å². The van der Waals surface area contributed by atoms with E-state index in [-0.39, 0.29) is 0 Å². The number of hydrogen-bond donors (Lipinski definition) is 1. The molecule has 0 spiro atoms. The molecule has 26 heavy (non-hydrogen) atoms. The second kappa shape index (κ2) is 7.33. The largest absolute Gasteiger partial charge is 0.260 e. The summed E-state index contributed by atoms with van der Waals surface area (Å²) >= 11 is 6.16. The molecule has 0 bridgehead atoms. The zero-order valence-corrected chi connectivity index (χ0v) is 14.6. The molecule has 1 aromatic heterocycles. The van der Waals surface area contributed by atoms with Gasteiger partial charge in [-0.15, -0.1) is 0 Å². The highest BCUT2D eigenvalue weighted by molar-refractivity contribution is 6.33. The summed E-state index contributed by atoms with van der Waals surface area (Å²) in [7, 11) is 0. The van der Waals surface area contributed by atoms with Crippen molar-refractivity contribution in [1.29, 1.82) is 0 Å². The van der Waals surface area contributed by atoms with Crippen LogP contribution >= 0.6 is 11.6 Å². The Hall–Kier alpha value is -3.24. The highest BCUT2D eigenvalue weighted by Gasteiger charge is 2.10. The van der Waals surface area contributed by atoms with E-state index in [0.717, 1.165) is 27.9 Å². The number of benzene rings is 3. The molecule has 4 aromatic rings. The van der Waals surface area contributed by atoms with E-state index in [1.54, 1.807) is 6.21 Å². The highest BCUT2D eigenvalue weighted by atomic mass is 35.5. The lowest BCUT2D eigenvalue weighted by molar-refractivity contribution is 1.22. The maximum atomic E-state index is 6.16. The first kappa shape index (κ1) is 16.2. The first-order chi connectivity index (χ1) is 12.8. The van der Waals surface area contributed by atoms with Crippen LogP contribution in [-0.2, 0) is 0 Å². The maximum Gasteiger partial charge on any atom is 0.173 e. The Bertz CT molecular complexity index is 1080. The topological polar surface area (TPSA) is 50.2 Å². The molecular formula is C21H15ClN4. The van der Waals surface area contributed by atoms with Crippen LogP contribution in [0.15, 0.2) is 84.0 Å². The van der Waals surface area contributed by atoms with Crippen LogP contribution in [0.5, 0.6) is 0 Å². The minimum absolute atomic E-state index is 0.596. The molecule has 5 heteroatoms. The summed E-state index contributed by atoms with van der Waals surface area (Å²) in [6.45, 7) is 0. The van der Waals surface area contributed by atoms with Crippen LogP contribution in [0.3, 0.4) is 0 Å². The van der Waals surface area contributed by atoms with Gasteiger partial charge in [-0.2, -0.15) is 5.10 Å². The van der Waals surface area contributed by atoms with Gasteiger partial charge in [-0.25, -0.2) is 9.97 Å². The minimum Gasteiger partial charge on any atom is -0.260 e. The number of para-hydroxylation sites is 2. The monoisotopic (exact) mass is 358 g/mol. The van der Waals surface area contributed by atoms with E-state index in [0.29, 0.717) is 10.8 Å². The molecule has 0 unspecified atom stereocenters. The van der Waals surface area contributed by atoms with Crippen LogP contribution < -0.4 is 5.43 Å². The van der Waals surface area contributed by atoms with Crippen molar-refractivity contribution in [3.05, 3.63) is 89.4 Å². The predicted molar refractivity (Wildman–Crippen MR) is 108 cm³/mol. The van der Waals surface area contributed by atoms with Gasteiger partial charge in [0, 0.05) is 16.1 Å². The summed E-state index contributed by atoms with van der Waals surface area (Å²) in [5.74, 6) is 0.596. The van der Waals surface area contributed by atoms with Crippen molar-refractivity contribution < 1.29 is 0 Å². The average molecular weight is 359 g/mol. The number of halogens is 1. The van der Waals surface area contributed by atoms with Crippen molar-refractivity contribution in [3.63, 3.8) is 0 Å². The molecule has 3 aromatic carbocycles. The number of rotatable bonds is 4. The Labute approximate surface area is 156 Å². The number of hydrazone groups is 1. The fraction of sp³-hybridized carbons (Fsp3) is 0. The second-order valence-electron chi connectivity index (χ2n) is 5.67. The Kier molecular flexibility index (Phi) is 4.58. The molecule has 0 aliphatic carbocycles. The SMILES string of the molecule is Clc1ccccc1/C=N/Nc1nc2ccccc2nc1-c1ccccc1. The third-order valence-corrected chi connectivity index (χ3v) is 4.24. The lowest BCUT2D eigenvalue weighted by Crippen LogP contribution is -2.00. The zero-order valence-electron chi connectivity index (χ0n) is 13.8. The van der Waals surface area contributed by atoms with Gasteiger partial charge in [0.25, 0.3) is 0 Å². The lowest BCUT2D eigenvalue weighted by Gasteiger charge is -2.09. The molecule has 0 saturated heterocycles. The Morgan fingerprint density at radius 1 is 0.769 bits per heavy atom. The van der Waals surface area contributed by atoms with Gasteiger partial charge in [0.05, 0.1) is 17.2 Å². The van der Waals surface area contributed by atoms with Gasteiger partial charge < -0.3 is 0 Å². The summed E-state index contributed by atoms with van der Waals surface area (Å²) in [5.41, 5.74) is 7.22. The average Bonchev–Trinajstić information content (AvgIpc) is 2.69. The zero-order chi connectivity index (χ0) is 17.8. The molecule has 4 rings (SSSR count). The summed E-state index contributed by atoms with van der Waals surface area (Å²) < 4.78 is 0. The Morgan fingerprint density at radius 2 is 1.42 bits per heavy atom. The minimum atomic E-state index is 0.596. The van der Waals surface area contributed by atoms with Crippen molar-refractivity contribution in [2.24, 2.45) is 5.10 Å². The molecule has 126 valence electrons. The van der Waals surface area contributed by atoms with E-state index in [2.05, 4.69) is 15.5 Å². The lowest BCUT2D eigenvalue weighted by atomic mass is 10.1. The number of aromatic nitrogens is 2. The van der Waals surface area contributed by atoms with Crippen LogP contribution in [0.4, 0.5) is 5.82 Å². The van der Waals surface area contributed by atoms with E-state index in [4.69, 9.17) is 16.6 Å². The molecule has 0 amide bonds. The normalized spacial score (nSPS) is 11.1. The van der Waals surface area contributed by atoms with E-state index in [9.17, 15) is 0 Å². The molecule has 0 aliphatic rings. The van der Waals surface area contributed by atoms with Gasteiger partial charge in [0.1, 0.15) is 5.69 Å². The van der Waals surface area contributed by atoms with E-state index < -0.39 is 0 Å². The van der Waals surface area contributed by atoms with E-state index in [1.807, 2.05) is 78.9 Å². The number of nitrogens with zero attached hydrogens (tertiary/aromatic N) is 3. The molecule has 0 radical (unpaired) electrons. The summed E-state index contributed by atoms with van der Waals surface area (Å²) in [6, 6.07) is 25.2. The number of hydrogen-bond acceptors (Lipinski definition) is 4. The van der Waals surface area contributed by atoms with Crippen molar-refractivity contribution in [2.75, 3.05) is 5.43 Å². The molecule has 0 atom stereocenters. The van der Waals surface area contributed by atoms with Crippen molar-refractivity contribution in [2.45, 2.75) is 0 Å². The molecular weight excluding hydrogens is 344 g/mol. The van der Waals surface area contributed by atoms with Gasteiger partial charge in [-0.3, -0.25) is 5.43 Å². The first-order valence-electron chi connectivity index (χ1n) is 8.17. The Morgan fingerprint density at radius 3 is 2.19 bits per heavy atom. The van der Waals surface area contributed by atoms with Gasteiger partial charge in [0.2, 0.25) is 0 Å². The highest BCUT2D eigenvalue weighted by Crippen LogP contribution is 2.26. The molecule has 1 heterocycles. The molecule has 1 N–H and O–H groups in total. The van der Waals surface area contributed by atoms with Gasteiger partial charge in [-0.05, 0) is 18.2 Å². The molecule has 0 saturated carbocycles. The van der Waals surface area contributed by atoms with Crippen LogP contribution in [0.25, 0.3) is 22.3 Å². The van der Waals surface area contributed by atoms with Crippen molar-refractivity contribution in [3.8, 4) is 11.3 Å². The third kappa shape index (κ3) is 3.41. The van der Waals surface area contributed by atoms with E-state index in [1.165, 1.54) is 0 Å². The Balaban J connectivity index is 1.74. The quantitative estimate of drug-likeness (QED) is 0.392. The first-order valence-corrected chi connectivity index (χ1v) is 8.55. The number of nitrogens with one attached hydrogen (secondary N) is 1. The van der Waals surface area contributed by atoms with Crippen LogP contribution in [0, 0.1) is 0 Å². The molecule has 4 nitrogen and oxygen atoms in total. The standard InChI is InChI=1S/C21H15ClN4/c22-17-11-5-4-10-16(17)14-23-26-21-20(15-8-2-1-3-9-15)24-18-12-6-7-13-19(18)25-21/h1-14H,(H,25,26)/b23-14+. The summed E-state index contributed by atoms with van der Waals surface area (Å²) in [6.07, 6.45) is 1.67. The summed E-state index contributed by atoms with van der Waals surface area (Å²) in [4.78, 5) is 9.45. The molecule has 0 aliphatic heterocycles. The van der Waals surface area contributed by atoms with Crippen LogP contribution in [0.2, 0.25) is 5.02 Å². The fourth-order valence-electron chi connectivity index (χ4n) is 2.62. The predicted octanol–water partition coefficient (Wildman–Crippen LogP) is 5.40. The maximum absolute atomic E-state index is 6.16. The second-order valence-corrected chi connectivity index (χ2v) is 6.07. The molecule has 0 fully saturated rings. The summed E-state index contributed by atoms with van der Waals surface area (Å²) in [5, 5.41) is 4.95. The van der Waals surface area contributed by atoms with Crippen molar-refractivity contribution in [1.82, 2.24) is 9.97 Å². The van der Waals surface area contributed by atoms with Gasteiger partial charge in [0.15, 0.2) is 5.82 Å².